The summed E-state index contributed by atoms with van der Waals surface area (Å²) in [5.74, 6) is 2.83. The minimum absolute atomic E-state index is 0.0928. The first-order valence-electron chi connectivity index (χ1n) is 4.33. The van der Waals surface area contributed by atoms with Gasteiger partial charge >= 0.3 is 0 Å². The van der Waals surface area contributed by atoms with Crippen LogP contribution in [0.15, 0.2) is 0 Å². The molecule has 0 aromatic rings. The van der Waals surface area contributed by atoms with E-state index in [0.717, 1.165) is 6.42 Å². The summed E-state index contributed by atoms with van der Waals surface area (Å²) < 4.78 is 5.29. The fourth-order valence-electron chi connectivity index (χ4n) is 1.54. The van der Waals surface area contributed by atoms with Crippen molar-refractivity contribution in [3.05, 3.63) is 0 Å². The van der Waals surface area contributed by atoms with Gasteiger partial charge in [-0.05, 0) is 13.3 Å². The maximum atomic E-state index is 11.4. The van der Waals surface area contributed by atoms with Crippen molar-refractivity contribution in [3.8, 4) is 12.3 Å². The van der Waals surface area contributed by atoms with Crippen molar-refractivity contribution in [2.24, 2.45) is 5.92 Å². The fourth-order valence-corrected chi connectivity index (χ4v) is 1.54. The molecule has 2 heteroatoms. The number of carbonyl (C=O) groups excluding carboxylic acids is 1. The summed E-state index contributed by atoms with van der Waals surface area (Å²) in [6.45, 7) is 2.67. The van der Waals surface area contributed by atoms with Crippen molar-refractivity contribution in [2.45, 2.75) is 32.3 Å². The molecule has 0 radical (unpaired) electrons. The number of rotatable bonds is 3. The highest BCUT2D eigenvalue weighted by Crippen LogP contribution is 2.22. The Labute approximate surface area is 73.3 Å². The van der Waals surface area contributed by atoms with Crippen LogP contribution in [-0.2, 0) is 9.53 Å². The molecule has 0 spiro atoms. The third-order valence-corrected chi connectivity index (χ3v) is 2.31. The quantitative estimate of drug-likeness (QED) is 0.592. The average Bonchev–Trinajstić information content (AvgIpc) is 2.47. The summed E-state index contributed by atoms with van der Waals surface area (Å²) in [7, 11) is 0. The summed E-state index contributed by atoms with van der Waals surface area (Å²) in [5.41, 5.74) is 0. The van der Waals surface area contributed by atoms with Gasteiger partial charge in [0.2, 0.25) is 0 Å². The first-order valence-corrected chi connectivity index (χ1v) is 4.33. The van der Waals surface area contributed by atoms with E-state index < -0.39 is 0 Å². The Kier molecular flexibility index (Phi) is 3.31. The third-order valence-electron chi connectivity index (χ3n) is 2.31. The van der Waals surface area contributed by atoms with E-state index in [4.69, 9.17) is 11.2 Å². The predicted octanol–water partition coefficient (Wildman–Crippen LogP) is 1.39. The number of terminal acetylenes is 1. The molecule has 2 nitrogen and oxygen atoms in total. The number of Topliss-reactive ketones (excluding diaryl/α,β-unsaturated/α-hetero) is 1. The Hall–Kier alpha value is -0.810. The van der Waals surface area contributed by atoms with Crippen LogP contribution in [-0.4, -0.2) is 18.5 Å². The maximum absolute atomic E-state index is 11.4. The highest BCUT2D eigenvalue weighted by molar-refractivity contribution is 5.81. The normalized spacial score (nSPS) is 28.3. The summed E-state index contributed by atoms with van der Waals surface area (Å²) >= 11 is 0. The van der Waals surface area contributed by atoms with Crippen LogP contribution in [0.3, 0.4) is 0 Å². The van der Waals surface area contributed by atoms with E-state index in [1.54, 1.807) is 0 Å². The van der Waals surface area contributed by atoms with Gasteiger partial charge < -0.3 is 4.74 Å². The van der Waals surface area contributed by atoms with Crippen LogP contribution >= 0.6 is 0 Å². The second-order valence-electron chi connectivity index (χ2n) is 3.14. The molecule has 12 heavy (non-hydrogen) atoms. The lowest BCUT2D eigenvalue weighted by Crippen LogP contribution is -2.21. The smallest absolute Gasteiger partial charge is 0.139 e. The van der Waals surface area contributed by atoms with Gasteiger partial charge in [-0.2, -0.15) is 0 Å². The van der Waals surface area contributed by atoms with Gasteiger partial charge in [0.1, 0.15) is 5.78 Å². The molecule has 1 aliphatic heterocycles. The lowest BCUT2D eigenvalue weighted by molar-refractivity contribution is -0.124. The minimum Gasteiger partial charge on any atom is -0.378 e. The zero-order valence-electron chi connectivity index (χ0n) is 7.38. The largest absolute Gasteiger partial charge is 0.378 e. The molecule has 1 heterocycles. The van der Waals surface area contributed by atoms with Crippen molar-refractivity contribution < 1.29 is 9.53 Å². The van der Waals surface area contributed by atoms with Gasteiger partial charge in [-0.1, -0.05) is 0 Å². The molecule has 0 aromatic carbocycles. The molecule has 1 saturated heterocycles. The number of carbonyl (C=O) groups is 1. The van der Waals surface area contributed by atoms with Crippen molar-refractivity contribution in [2.75, 3.05) is 6.61 Å². The second-order valence-corrected chi connectivity index (χ2v) is 3.14. The van der Waals surface area contributed by atoms with E-state index in [2.05, 4.69) is 5.92 Å². The molecule has 0 saturated carbocycles. The number of hydrogen-bond donors (Lipinski definition) is 0. The molecule has 2 unspecified atom stereocenters. The van der Waals surface area contributed by atoms with Gasteiger partial charge in [-0.15, -0.1) is 12.3 Å². The molecule has 66 valence electrons. The topological polar surface area (TPSA) is 26.3 Å². The van der Waals surface area contributed by atoms with Crippen molar-refractivity contribution in [3.63, 3.8) is 0 Å². The molecule has 2 atom stereocenters. The Bertz CT molecular complexity index is 202. The van der Waals surface area contributed by atoms with Crippen LogP contribution in [0.2, 0.25) is 0 Å². The molecule has 0 N–H and O–H groups in total. The molecule has 0 aromatic heterocycles. The van der Waals surface area contributed by atoms with Gasteiger partial charge in [0.05, 0.1) is 6.10 Å². The highest BCUT2D eigenvalue weighted by atomic mass is 16.5. The number of hydrogen-bond acceptors (Lipinski definition) is 2. The van der Waals surface area contributed by atoms with E-state index in [-0.39, 0.29) is 17.8 Å². The third kappa shape index (κ3) is 2.09. The van der Waals surface area contributed by atoms with Gasteiger partial charge in [0, 0.05) is 25.4 Å². The van der Waals surface area contributed by atoms with Crippen molar-refractivity contribution in [1.29, 1.82) is 0 Å². The Morgan fingerprint density at radius 3 is 3.00 bits per heavy atom. The summed E-state index contributed by atoms with van der Waals surface area (Å²) in [4.78, 5) is 11.4. The Balaban J connectivity index is 2.37. The molecule has 0 bridgehead atoms. The van der Waals surface area contributed by atoms with E-state index in [9.17, 15) is 4.79 Å². The summed E-state index contributed by atoms with van der Waals surface area (Å²) in [5, 5.41) is 0. The Morgan fingerprint density at radius 1 is 1.75 bits per heavy atom. The van der Waals surface area contributed by atoms with Gasteiger partial charge in [0.25, 0.3) is 0 Å². The van der Waals surface area contributed by atoms with Crippen molar-refractivity contribution in [1.82, 2.24) is 0 Å². The first kappa shape index (κ1) is 9.28. The fraction of sp³-hybridized carbons (Fsp3) is 0.700. The van der Waals surface area contributed by atoms with Crippen LogP contribution in [0.4, 0.5) is 0 Å². The van der Waals surface area contributed by atoms with E-state index in [1.807, 2.05) is 6.92 Å². The van der Waals surface area contributed by atoms with Gasteiger partial charge in [0.15, 0.2) is 0 Å². The van der Waals surface area contributed by atoms with E-state index >= 15 is 0 Å². The zero-order chi connectivity index (χ0) is 8.97. The van der Waals surface area contributed by atoms with Crippen LogP contribution in [0.1, 0.15) is 26.2 Å². The molecule has 1 aliphatic rings. The first-order chi connectivity index (χ1) is 5.75. The van der Waals surface area contributed by atoms with Crippen LogP contribution in [0, 0.1) is 18.3 Å². The van der Waals surface area contributed by atoms with Crippen LogP contribution in [0.5, 0.6) is 0 Å². The standard InChI is InChI=1S/C10H14O2/c1-3-4-5-10(11)9-6-7-12-8(9)2/h1,8-9H,4-7H2,2H3. The maximum Gasteiger partial charge on any atom is 0.139 e. The van der Waals surface area contributed by atoms with Crippen LogP contribution in [0.25, 0.3) is 0 Å². The lowest BCUT2D eigenvalue weighted by atomic mass is 9.95. The minimum atomic E-state index is 0.0928. The van der Waals surface area contributed by atoms with Crippen molar-refractivity contribution >= 4 is 5.78 Å². The molecule has 0 amide bonds. The molecule has 0 aliphatic carbocycles. The summed E-state index contributed by atoms with van der Waals surface area (Å²) in [6.07, 6.45) is 7.10. The van der Waals surface area contributed by atoms with Crippen LogP contribution < -0.4 is 0 Å². The zero-order valence-corrected chi connectivity index (χ0v) is 7.38. The molecular weight excluding hydrogens is 152 g/mol. The average molecular weight is 166 g/mol. The molecular formula is C10H14O2. The predicted molar refractivity (Wildman–Crippen MR) is 46.6 cm³/mol. The number of ether oxygens (including phenoxy) is 1. The SMILES string of the molecule is C#CCCC(=O)C1CCOC1C. The van der Waals surface area contributed by atoms with E-state index in [0.29, 0.717) is 19.4 Å². The number of ketones is 1. The molecule has 1 fully saturated rings. The second kappa shape index (κ2) is 4.27. The summed E-state index contributed by atoms with van der Waals surface area (Å²) in [6, 6.07) is 0. The van der Waals surface area contributed by atoms with Gasteiger partial charge in [-0.3, -0.25) is 4.79 Å². The highest BCUT2D eigenvalue weighted by Gasteiger charge is 2.29. The monoisotopic (exact) mass is 166 g/mol. The molecule has 1 rings (SSSR count). The Morgan fingerprint density at radius 2 is 2.50 bits per heavy atom. The van der Waals surface area contributed by atoms with E-state index in [1.165, 1.54) is 0 Å². The lowest BCUT2D eigenvalue weighted by Gasteiger charge is -2.11. The van der Waals surface area contributed by atoms with Gasteiger partial charge in [-0.25, -0.2) is 0 Å².